The van der Waals surface area contributed by atoms with Gasteiger partial charge in [0.2, 0.25) is 0 Å². The Bertz CT molecular complexity index is 214. The topological polar surface area (TPSA) is 35.2 Å². The fraction of sp³-hybridized carbons (Fsp3) is 0.400. The van der Waals surface area contributed by atoms with Gasteiger partial charge in [-0.1, -0.05) is 18.7 Å². The van der Waals surface area contributed by atoms with E-state index in [2.05, 4.69) is 6.58 Å². The summed E-state index contributed by atoms with van der Waals surface area (Å²) in [5, 5.41) is 0. The second kappa shape index (κ2) is 5.47. The molecule has 2 nitrogen and oxygen atoms in total. The predicted molar refractivity (Wildman–Crippen MR) is 52.5 cm³/mol. The molecule has 0 aromatic rings. The summed E-state index contributed by atoms with van der Waals surface area (Å²) in [6.07, 6.45) is 3.83. The number of hydrogen-bond acceptors (Lipinski definition) is 2. The van der Waals surface area contributed by atoms with Crippen molar-refractivity contribution in [2.45, 2.75) is 20.8 Å². The van der Waals surface area contributed by atoms with E-state index in [0.29, 0.717) is 12.5 Å². The molecule has 2 N–H and O–H groups in total. The Morgan fingerprint density at radius 2 is 2.17 bits per heavy atom. The predicted octanol–water partition coefficient (Wildman–Crippen LogP) is 2.35. The molecule has 0 aliphatic rings. The van der Waals surface area contributed by atoms with Crippen molar-refractivity contribution >= 4 is 0 Å². The molecule has 12 heavy (non-hydrogen) atoms. The summed E-state index contributed by atoms with van der Waals surface area (Å²) in [5.74, 6) is 0.459. The molecule has 0 heterocycles. The molecule has 0 saturated heterocycles. The Morgan fingerprint density at radius 3 is 2.58 bits per heavy atom. The van der Waals surface area contributed by atoms with Gasteiger partial charge < -0.3 is 10.5 Å². The van der Waals surface area contributed by atoms with Gasteiger partial charge in [0.1, 0.15) is 0 Å². The molecule has 0 aliphatic heterocycles. The zero-order valence-corrected chi connectivity index (χ0v) is 8.05. The third kappa shape index (κ3) is 3.28. The minimum atomic E-state index is 0.459. The summed E-state index contributed by atoms with van der Waals surface area (Å²) in [4.78, 5) is 0. The number of rotatable bonds is 4. The summed E-state index contributed by atoms with van der Waals surface area (Å²) >= 11 is 0. The van der Waals surface area contributed by atoms with E-state index in [9.17, 15) is 0 Å². The fourth-order valence-corrected chi connectivity index (χ4v) is 0.748. The lowest BCUT2D eigenvalue weighted by molar-refractivity contribution is 0.223. The van der Waals surface area contributed by atoms with Crippen LogP contribution in [0.2, 0.25) is 0 Å². The first-order valence-electron chi connectivity index (χ1n) is 4.04. The highest BCUT2D eigenvalue weighted by atomic mass is 16.5. The van der Waals surface area contributed by atoms with E-state index in [1.54, 1.807) is 0 Å². The number of nitrogens with two attached hydrogens (primary N) is 1. The van der Waals surface area contributed by atoms with Crippen LogP contribution in [0.25, 0.3) is 0 Å². The molecule has 0 rings (SSSR count). The third-order valence-corrected chi connectivity index (χ3v) is 1.52. The quantitative estimate of drug-likeness (QED) is 0.515. The smallest absolute Gasteiger partial charge is 0.187 e. The Balaban J connectivity index is 4.42. The van der Waals surface area contributed by atoms with Gasteiger partial charge >= 0.3 is 0 Å². The molecular weight excluding hydrogens is 150 g/mol. The molecule has 0 unspecified atom stereocenters. The van der Waals surface area contributed by atoms with Crippen molar-refractivity contribution in [2.75, 3.05) is 6.61 Å². The molecule has 2 heteroatoms. The monoisotopic (exact) mass is 167 g/mol. The highest BCUT2D eigenvalue weighted by molar-refractivity contribution is 5.36. The fourth-order valence-electron chi connectivity index (χ4n) is 0.748. The molecule has 0 fully saturated rings. The Morgan fingerprint density at radius 1 is 1.58 bits per heavy atom. The van der Waals surface area contributed by atoms with Crippen LogP contribution in [0.15, 0.2) is 35.8 Å². The molecular formula is C10H17NO. The van der Waals surface area contributed by atoms with Crippen molar-refractivity contribution in [1.29, 1.82) is 0 Å². The lowest BCUT2D eigenvalue weighted by atomic mass is 10.1. The third-order valence-electron chi connectivity index (χ3n) is 1.52. The lowest BCUT2D eigenvalue weighted by Crippen LogP contribution is -2.06. The Kier molecular flexibility index (Phi) is 4.93. The van der Waals surface area contributed by atoms with E-state index < -0.39 is 0 Å². The van der Waals surface area contributed by atoms with Gasteiger partial charge in [-0.05, 0) is 26.3 Å². The second-order valence-corrected chi connectivity index (χ2v) is 2.45. The molecule has 0 spiro atoms. The average molecular weight is 167 g/mol. The number of ether oxygens (including phenoxy) is 1. The van der Waals surface area contributed by atoms with Crippen LogP contribution in [0.4, 0.5) is 0 Å². The van der Waals surface area contributed by atoms with Gasteiger partial charge in [0.25, 0.3) is 0 Å². The molecule has 0 aromatic carbocycles. The van der Waals surface area contributed by atoms with Gasteiger partial charge in [-0.3, -0.25) is 0 Å². The van der Waals surface area contributed by atoms with Crippen molar-refractivity contribution in [1.82, 2.24) is 0 Å². The van der Waals surface area contributed by atoms with Crippen LogP contribution in [-0.4, -0.2) is 6.61 Å². The highest BCUT2D eigenvalue weighted by Crippen LogP contribution is 2.11. The molecule has 0 aromatic heterocycles. The van der Waals surface area contributed by atoms with E-state index in [0.717, 1.165) is 11.1 Å². The van der Waals surface area contributed by atoms with Gasteiger partial charge in [-0.25, -0.2) is 0 Å². The van der Waals surface area contributed by atoms with Crippen LogP contribution in [0.5, 0.6) is 0 Å². The average Bonchev–Trinajstić information content (AvgIpc) is 2.04. The molecule has 0 saturated carbocycles. The Labute approximate surface area is 74.4 Å². The van der Waals surface area contributed by atoms with E-state index in [-0.39, 0.29) is 0 Å². The maximum absolute atomic E-state index is 5.62. The van der Waals surface area contributed by atoms with Crippen molar-refractivity contribution < 1.29 is 4.74 Å². The zero-order valence-electron chi connectivity index (χ0n) is 8.05. The van der Waals surface area contributed by atoms with Crippen molar-refractivity contribution in [2.24, 2.45) is 5.73 Å². The summed E-state index contributed by atoms with van der Waals surface area (Å²) in [7, 11) is 0. The van der Waals surface area contributed by atoms with Crippen molar-refractivity contribution in [3.63, 3.8) is 0 Å². The van der Waals surface area contributed by atoms with Crippen LogP contribution in [-0.2, 0) is 4.74 Å². The summed E-state index contributed by atoms with van der Waals surface area (Å²) in [6, 6.07) is 0. The minimum Gasteiger partial charge on any atom is -0.479 e. The van der Waals surface area contributed by atoms with Crippen molar-refractivity contribution in [3.05, 3.63) is 35.8 Å². The van der Waals surface area contributed by atoms with E-state index in [4.69, 9.17) is 10.5 Å². The van der Waals surface area contributed by atoms with Gasteiger partial charge in [0.05, 0.1) is 6.61 Å². The van der Waals surface area contributed by atoms with E-state index in [1.807, 2.05) is 32.9 Å². The van der Waals surface area contributed by atoms with Crippen LogP contribution >= 0.6 is 0 Å². The standard InChI is InChI=1S/C10H17NO/c1-5-7-8(3)9(4)10(11)12-6-2/h5,7H,3,6,11H2,1-2,4H3/b7-5+,10-9+. The van der Waals surface area contributed by atoms with Crippen LogP contribution in [0.1, 0.15) is 20.8 Å². The molecule has 0 amide bonds. The zero-order chi connectivity index (χ0) is 9.56. The SMILES string of the molecule is C=C(/C=C/C)/C(C)=C(\N)OCC. The molecule has 68 valence electrons. The molecule has 0 radical (unpaired) electrons. The summed E-state index contributed by atoms with van der Waals surface area (Å²) in [6.45, 7) is 10.2. The first-order valence-corrected chi connectivity index (χ1v) is 4.04. The normalized spacial score (nSPS) is 12.9. The summed E-state index contributed by atoms with van der Waals surface area (Å²) < 4.78 is 5.13. The maximum atomic E-state index is 5.62. The van der Waals surface area contributed by atoms with Crippen LogP contribution in [0, 0.1) is 0 Å². The molecule has 0 atom stereocenters. The second-order valence-electron chi connectivity index (χ2n) is 2.45. The largest absolute Gasteiger partial charge is 0.479 e. The molecule has 0 aliphatic carbocycles. The molecule has 0 bridgehead atoms. The van der Waals surface area contributed by atoms with Crippen LogP contribution < -0.4 is 5.73 Å². The van der Waals surface area contributed by atoms with Crippen LogP contribution in [0.3, 0.4) is 0 Å². The van der Waals surface area contributed by atoms with E-state index in [1.165, 1.54) is 0 Å². The van der Waals surface area contributed by atoms with Gasteiger partial charge in [0, 0.05) is 5.57 Å². The van der Waals surface area contributed by atoms with Gasteiger partial charge in [-0.2, -0.15) is 0 Å². The Hall–Kier alpha value is -1.18. The highest BCUT2D eigenvalue weighted by Gasteiger charge is 1.99. The van der Waals surface area contributed by atoms with Gasteiger partial charge in [0.15, 0.2) is 5.88 Å². The summed E-state index contributed by atoms with van der Waals surface area (Å²) in [5.41, 5.74) is 7.41. The van der Waals surface area contributed by atoms with E-state index >= 15 is 0 Å². The van der Waals surface area contributed by atoms with Crippen molar-refractivity contribution in [3.8, 4) is 0 Å². The first kappa shape index (κ1) is 10.8. The minimum absolute atomic E-state index is 0.459. The first-order chi connectivity index (χ1) is 5.63. The number of allylic oxidation sites excluding steroid dienone is 4. The maximum Gasteiger partial charge on any atom is 0.187 e. The van der Waals surface area contributed by atoms with Gasteiger partial charge in [-0.15, -0.1) is 0 Å². The lowest BCUT2D eigenvalue weighted by Gasteiger charge is -2.07. The number of hydrogen-bond donors (Lipinski definition) is 1.